The normalized spacial score (nSPS) is 11.5. The zero-order valence-corrected chi connectivity index (χ0v) is 18.3. The second-order valence-corrected chi connectivity index (χ2v) is 7.08. The first-order valence-electron chi connectivity index (χ1n) is 10.3. The molecule has 9 heteroatoms. The average Bonchev–Trinajstić information content (AvgIpc) is 3.27. The van der Waals surface area contributed by atoms with Crippen LogP contribution in [0.2, 0.25) is 0 Å². The van der Waals surface area contributed by atoms with Crippen LogP contribution in [0.4, 0.5) is 0 Å². The van der Waals surface area contributed by atoms with Gasteiger partial charge in [-0.05, 0) is 45.0 Å². The summed E-state index contributed by atoms with van der Waals surface area (Å²) in [5.74, 6) is 1.18. The van der Waals surface area contributed by atoms with Gasteiger partial charge in [0.25, 0.3) is 5.91 Å². The lowest BCUT2D eigenvalue weighted by Gasteiger charge is -2.15. The molecule has 1 atom stereocenters. The number of nitrogens with one attached hydrogen (secondary N) is 2. The van der Waals surface area contributed by atoms with Crippen LogP contribution in [0, 0.1) is 6.92 Å². The number of hydrogen-bond donors (Lipinski definition) is 2. The van der Waals surface area contributed by atoms with Crippen molar-refractivity contribution in [2.24, 2.45) is 0 Å². The van der Waals surface area contributed by atoms with Gasteiger partial charge >= 0.3 is 0 Å². The minimum atomic E-state index is -0.804. The molecule has 32 heavy (non-hydrogen) atoms. The lowest BCUT2D eigenvalue weighted by atomic mass is 10.1. The summed E-state index contributed by atoms with van der Waals surface area (Å²) in [5, 5.41) is 3.94. The van der Waals surface area contributed by atoms with Crippen molar-refractivity contribution in [1.82, 2.24) is 21.0 Å². The van der Waals surface area contributed by atoms with Crippen molar-refractivity contribution in [3.05, 3.63) is 60.0 Å². The van der Waals surface area contributed by atoms with Gasteiger partial charge in [0.1, 0.15) is 11.5 Å². The minimum absolute atomic E-state index is 0.0734. The molecule has 168 valence electrons. The summed E-state index contributed by atoms with van der Waals surface area (Å²) in [6.07, 6.45) is -0.482. The van der Waals surface area contributed by atoms with E-state index in [4.69, 9.17) is 14.0 Å². The molecular weight excluding hydrogens is 412 g/mol. The van der Waals surface area contributed by atoms with Crippen LogP contribution in [-0.2, 0) is 16.0 Å². The van der Waals surface area contributed by atoms with Crippen molar-refractivity contribution < 1.29 is 23.6 Å². The fourth-order valence-corrected chi connectivity index (χ4v) is 2.73. The second-order valence-electron chi connectivity index (χ2n) is 7.08. The molecule has 0 spiro atoms. The van der Waals surface area contributed by atoms with E-state index in [0.717, 1.165) is 16.9 Å². The molecule has 3 aromatic rings. The first-order chi connectivity index (χ1) is 15.4. The van der Waals surface area contributed by atoms with Crippen LogP contribution in [0.15, 0.2) is 53.1 Å². The van der Waals surface area contributed by atoms with E-state index in [0.29, 0.717) is 24.1 Å². The van der Waals surface area contributed by atoms with Crippen molar-refractivity contribution in [2.45, 2.75) is 39.7 Å². The standard InChI is InChI=1S/C23H26N4O5/c1-4-30-18-9-11-19(12-10-18)31-16(3)23(29)26-25-20(28)13-14-21-24-22(27-32-21)17-7-5-15(2)6-8-17/h5-12,16H,4,13-14H2,1-3H3,(H,25,28)(H,26,29). The molecular formula is C23H26N4O5. The van der Waals surface area contributed by atoms with Crippen molar-refractivity contribution >= 4 is 11.8 Å². The highest BCUT2D eigenvalue weighted by atomic mass is 16.5. The van der Waals surface area contributed by atoms with E-state index in [2.05, 4.69) is 21.0 Å². The third-order valence-electron chi connectivity index (χ3n) is 4.49. The fraction of sp³-hybridized carbons (Fsp3) is 0.304. The summed E-state index contributed by atoms with van der Waals surface area (Å²) in [7, 11) is 0. The van der Waals surface area contributed by atoms with Crippen LogP contribution in [0.5, 0.6) is 11.5 Å². The Balaban J connectivity index is 1.40. The fourth-order valence-electron chi connectivity index (χ4n) is 2.73. The highest BCUT2D eigenvalue weighted by Gasteiger charge is 2.16. The highest BCUT2D eigenvalue weighted by Crippen LogP contribution is 2.19. The Hall–Kier alpha value is -3.88. The van der Waals surface area contributed by atoms with Gasteiger partial charge in [-0.25, -0.2) is 0 Å². The van der Waals surface area contributed by atoms with Crippen molar-refractivity contribution in [1.29, 1.82) is 0 Å². The van der Waals surface area contributed by atoms with E-state index in [9.17, 15) is 9.59 Å². The number of rotatable bonds is 9. The molecule has 0 saturated heterocycles. The number of aromatic nitrogens is 2. The molecule has 0 fully saturated rings. The van der Waals surface area contributed by atoms with Crippen LogP contribution in [-0.4, -0.2) is 34.7 Å². The monoisotopic (exact) mass is 438 g/mol. The summed E-state index contributed by atoms with van der Waals surface area (Å²) < 4.78 is 16.1. The Bertz CT molecular complexity index is 1030. The molecule has 1 heterocycles. The summed E-state index contributed by atoms with van der Waals surface area (Å²) in [4.78, 5) is 28.5. The van der Waals surface area contributed by atoms with Gasteiger partial charge in [0, 0.05) is 18.4 Å². The predicted octanol–water partition coefficient (Wildman–Crippen LogP) is 2.99. The number of carbonyl (C=O) groups excluding carboxylic acids is 2. The molecule has 0 aliphatic heterocycles. The van der Waals surface area contributed by atoms with Gasteiger partial charge in [-0.1, -0.05) is 35.0 Å². The van der Waals surface area contributed by atoms with Gasteiger partial charge in [0.15, 0.2) is 6.10 Å². The number of ether oxygens (including phenoxy) is 2. The lowest BCUT2D eigenvalue weighted by molar-refractivity contribution is -0.132. The first-order valence-corrected chi connectivity index (χ1v) is 10.3. The Kier molecular flexibility index (Phi) is 7.80. The predicted molar refractivity (Wildman–Crippen MR) is 117 cm³/mol. The number of benzene rings is 2. The number of nitrogens with zero attached hydrogens (tertiary/aromatic N) is 2. The van der Waals surface area contributed by atoms with Crippen LogP contribution in [0.25, 0.3) is 11.4 Å². The molecule has 2 N–H and O–H groups in total. The van der Waals surface area contributed by atoms with Gasteiger partial charge in [0.05, 0.1) is 6.61 Å². The van der Waals surface area contributed by atoms with E-state index in [-0.39, 0.29) is 18.7 Å². The summed E-state index contributed by atoms with van der Waals surface area (Å²) >= 11 is 0. The van der Waals surface area contributed by atoms with Crippen molar-refractivity contribution in [3.8, 4) is 22.9 Å². The zero-order valence-electron chi connectivity index (χ0n) is 18.3. The number of aryl methyl sites for hydroxylation is 2. The van der Waals surface area contributed by atoms with Crippen LogP contribution >= 0.6 is 0 Å². The number of hydrazine groups is 1. The molecule has 0 aliphatic carbocycles. The second kappa shape index (κ2) is 10.9. The van der Waals surface area contributed by atoms with E-state index < -0.39 is 12.0 Å². The molecule has 9 nitrogen and oxygen atoms in total. The van der Waals surface area contributed by atoms with Gasteiger partial charge in [0.2, 0.25) is 17.6 Å². The molecule has 0 aliphatic rings. The van der Waals surface area contributed by atoms with Gasteiger partial charge < -0.3 is 14.0 Å². The highest BCUT2D eigenvalue weighted by molar-refractivity contribution is 5.84. The SMILES string of the molecule is CCOc1ccc(OC(C)C(=O)NNC(=O)CCc2nc(-c3ccc(C)cc3)no2)cc1. The summed E-state index contributed by atoms with van der Waals surface area (Å²) in [6, 6.07) is 14.7. The number of hydrogen-bond acceptors (Lipinski definition) is 7. The molecule has 2 aromatic carbocycles. The van der Waals surface area contributed by atoms with Gasteiger partial charge in [-0.15, -0.1) is 0 Å². The largest absolute Gasteiger partial charge is 0.494 e. The smallest absolute Gasteiger partial charge is 0.279 e. The molecule has 0 saturated carbocycles. The van der Waals surface area contributed by atoms with Crippen molar-refractivity contribution in [3.63, 3.8) is 0 Å². The maximum atomic E-state index is 12.2. The minimum Gasteiger partial charge on any atom is -0.494 e. The van der Waals surface area contributed by atoms with E-state index in [1.807, 2.05) is 38.1 Å². The van der Waals surface area contributed by atoms with E-state index in [1.54, 1.807) is 31.2 Å². The molecule has 0 bridgehead atoms. The third-order valence-corrected chi connectivity index (χ3v) is 4.49. The summed E-state index contributed by atoms with van der Waals surface area (Å²) in [6.45, 7) is 6.05. The number of carbonyl (C=O) groups is 2. The molecule has 1 aromatic heterocycles. The maximum Gasteiger partial charge on any atom is 0.279 e. The number of amides is 2. The molecule has 1 unspecified atom stereocenters. The quantitative estimate of drug-likeness (QED) is 0.494. The topological polar surface area (TPSA) is 116 Å². The van der Waals surface area contributed by atoms with Crippen LogP contribution in [0.3, 0.4) is 0 Å². The lowest BCUT2D eigenvalue weighted by Crippen LogP contribution is -2.47. The first kappa shape index (κ1) is 22.8. The maximum absolute atomic E-state index is 12.2. The Morgan fingerprint density at radius 3 is 2.41 bits per heavy atom. The third kappa shape index (κ3) is 6.56. The average molecular weight is 438 g/mol. The van der Waals surface area contributed by atoms with Crippen molar-refractivity contribution in [2.75, 3.05) is 6.61 Å². The van der Waals surface area contributed by atoms with Crippen LogP contribution < -0.4 is 20.3 Å². The van der Waals surface area contributed by atoms with Gasteiger partial charge in [-0.2, -0.15) is 4.98 Å². The zero-order chi connectivity index (χ0) is 22.9. The van der Waals surface area contributed by atoms with Crippen LogP contribution in [0.1, 0.15) is 31.7 Å². The van der Waals surface area contributed by atoms with Gasteiger partial charge in [-0.3, -0.25) is 20.4 Å². The Labute approximate surface area is 186 Å². The Morgan fingerprint density at radius 1 is 1.03 bits per heavy atom. The molecule has 3 rings (SSSR count). The Morgan fingerprint density at radius 2 is 1.72 bits per heavy atom. The van der Waals surface area contributed by atoms with E-state index >= 15 is 0 Å². The van der Waals surface area contributed by atoms with E-state index in [1.165, 1.54) is 0 Å². The molecule has 0 radical (unpaired) electrons. The summed E-state index contributed by atoms with van der Waals surface area (Å²) in [5.41, 5.74) is 6.69. The molecule has 2 amide bonds.